The Balaban J connectivity index is 1.99. The second-order valence-corrected chi connectivity index (χ2v) is 5.10. The van der Waals surface area contributed by atoms with Crippen molar-refractivity contribution < 1.29 is 9.21 Å². The van der Waals surface area contributed by atoms with Gasteiger partial charge in [-0.2, -0.15) is 0 Å². The SMILES string of the molecule is CC(=O)c1ccccc1Sc1nc2ccccc2o1. The van der Waals surface area contributed by atoms with Crippen LogP contribution in [0.5, 0.6) is 0 Å². The van der Waals surface area contributed by atoms with Crippen LogP contribution in [-0.4, -0.2) is 10.8 Å². The molecule has 4 heteroatoms. The standard InChI is InChI=1S/C15H11NO2S/c1-10(17)11-6-2-5-9-14(11)19-15-16-12-7-3-4-8-13(12)18-15/h2-9H,1H3. The minimum atomic E-state index is 0.0409. The summed E-state index contributed by atoms with van der Waals surface area (Å²) in [5.41, 5.74) is 2.27. The summed E-state index contributed by atoms with van der Waals surface area (Å²) in [6, 6.07) is 15.1. The maximum absolute atomic E-state index is 11.6. The van der Waals surface area contributed by atoms with Gasteiger partial charge in [-0.1, -0.05) is 30.3 Å². The molecule has 3 nitrogen and oxygen atoms in total. The van der Waals surface area contributed by atoms with E-state index >= 15 is 0 Å². The molecule has 0 aliphatic heterocycles. The lowest BCUT2D eigenvalue weighted by Crippen LogP contribution is -1.94. The molecular formula is C15H11NO2S. The predicted molar refractivity (Wildman–Crippen MR) is 74.6 cm³/mol. The summed E-state index contributed by atoms with van der Waals surface area (Å²) in [6.45, 7) is 1.56. The first kappa shape index (κ1) is 12.0. The molecule has 0 spiro atoms. The van der Waals surface area contributed by atoms with Crippen LogP contribution in [0.4, 0.5) is 0 Å². The first-order valence-electron chi connectivity index (χ1n) is 5.87. The van der Waals surface area contributed by atoms with Gasteiger partial charge in [0.25, 0.3) is 5.22 Å². The molecule has 0 N–H and O–H groups in total. The lowest BCUT2D eigenvalue weighted by Gasteiger charge is -2.02. The van der Waals surface area contributed by atoms with Crippen LogP contribution < -0.4 is 0 Å². The zero-order valence-corrected chi connectivity index (χ0v) is 11.1. The molecule has 1 aromatic heterocycles. The maximum Gasteiger partial charge on any atom is 0.261 e. The van der Waals surface area contributed by atoms with Gasteiger partial charge in [0.15, 0.2) is 11.4 Å². The van der Waals surface area contributed by atoms with E-state index in [4.69, 9.17) is 4.42 Å². The Bertz CT molecular complexity index is 715. The predicted octanol–water partition coefficient (Wildman–Crippen LogP) is 4.18. The fraction of sp³-hybridized carbons (Fsp3) is 0.0667. The summed E-state index contributed by atoms with van der Waals surface area (Å²) < 4.78 is 5.65. The summed E-state index contributed by atoms with van der Waals surface area (Å²) in [6.07, 6.45) is 0. The molecule has 0 radical (unpaired) electrons. The molecule has 0 atom stereocenters. The van der Waals surface area contributed by atoms with Crippen LogP contribution in [-0.2, 0) is 0 Å². The van der Waals surface area contributed by atoms with Gasteiger partial charge in [0.05, 0.1) is 0 Å². The average molecular weight is 269 g/mol. The minimum absolute atomic E-state index is 0.0409. The zero-order chi connectivity index (χ0) is 13.2. The second-order valence-electron chi connectivity index (χ2n) is 4.10. The van der Waals surface area contributed by atoms with Crippen molar-refractivity contribution >= 4 is 28.6 Å². The molecule has 94 valence electrons. The monoisotopic (exact) mass is 269 g/mol. The Kier molecular flexibility index (Phi) is 3.09. The Morgan fingerprint density at radius 1 is 1.11 bits per heavy atom. The van der Waals surface area contributed by atoms with Gasteiger partial charge in [0.1, 0.15) is 5.52 Å². The first-order chi connectivity index (χ1) is 9.24. The number of Topliss-reactive ketones (excluding diaryl/α,β-unsaturated/α-hetero) is 1. The number of rotatable bonds is 3. The number of carbonyl (C=O) groups excluding carboxylic acids is 1. The van der Waals surface area contributed by atoms with Gasteiger partial charge in [-0.3, -0.25) is 4.79 Å². The molecule has 3 aromatic rings. The quantitative estimate of drug-likeness (QED) is 0.669. The normalized spacial score (nSPS) is 10.8. The average Bonchev–Trinajstić information content (AvgIpc) is 2.81. The van der Waals surface area contributed by atoms with Gasteiger partial charge < -0.3 is 4.42 Å². The molecule has 0 aliphatic carbocycles. The third-order valence-electron chi connectivity index (χ3n) is 2.74. The van der Waals surface area contributed by atoms with Crippen molar-refractivity contribution in [1.29, 1.82) is 0 Å². The number of hydrogen-bond acceptors (Lipinski definition) is 4. The van der Waals surface area contributed by atoms with Crippen molar-refractivity contribution in [3.63, 3.8) is 0 Å². The third kappa shape index (κ3) is 2.39. The van der Waals surface area contributed by atoms with Crippen LogP contribution >= 0.6 is 11.8 Å². The number of nitrogens with zero attached hydrogens (tertiary/aromatic N) is 1. The number of fused-ring (bicyclic) bond motifs is 1. The fourth-order valence-electron chi connectivity index (χ4n) is 1.84. The van der Waals surface area contributed by atoms with E-state index in [0.29, 0.717) is 10.8 Å². The van der Waals surface area contributed by atoms with E-state index in [9.17, 15) is 4.79 Å². The van der Waals surface area contributed by atoms with Crippen molar-refractivity contribution in [2.24, 2.45) is 0 Å². The summed E-state index contributed by atoms with van der Waals surface area (Å²) >= 11 is 1.37. The molecule has 3 rings (SSSR count). The van der Waals surface area contributed by atoms with Gasteiger partial charge in [0, 0.05) is 10.5 Å². The highest BCUT2D eigenvalue weighted by atomic mass is 32.2. The van der Waals surface area contributed by atoms with Gasteiger partial charge in [0.2, 0.25) is 0 Å². The largest absolute Gasteiger partial charge is 0.431 e. The number of hydrogen-bond donors (Lipinski definition) is 0. The lowest BCUT2D eigenvalue weighted by atomic mass is 10.1. The van der Waals surface area contributed by atoms with E-state index in [1.54, 1.807) is 6.92 Å². The zero-order valence-electron chi connectivity index (χ0n) is 10.3. The van der Waals surface area contributed by atoms with Gasteiger partial charge in [-0.05, 0) is 36.9 Å². The van der Waals surface area contributed by atoms with Crippen molar-refractivity contribution in [2.45, 2.75) is 17.0 Å². The highest BCUT2D eigenvalue weighted by Crippen LogP contribution is 2.32. The van der Waals surface area contributed by atoms with Gasteiger partial charge >= 0.3 is 0 Å². The smallest absolute Gasteiger partial charge is 0.261 e. The fourth-order valence-corrected chi connectivity index (χ4v) is 2.77. The lowest BCUT2D eigenvalue weighted by molar-refractivity contribution is 0.101. The number of carbonyl (C=O) groups is 1. The molecule has 0 amide bonds. The molecule has 2 aromatic carbocycles. The van der Waals surface area contributed by atoms with Crippen molar-refractivity contribution in [3.8, 4) is 0 Å². The molecular weight excluding hydrogens is 258 g/mol. The Labute approximate surface area is 114 Å². The highest BCUT2D eigenvalue weighted by Gasteiger charge is 2.11. The number of aromatic nitrogens is 1. The topological polar surface area (TPSA) is 43.1 Å². The van der Waals surface area contributed by atoms with Crippen LogP contribution in [0.25, 0.3) is 11.1 Å². The van der Waals surface area contributed by atoms with Gasteiger partial charge in [-0.15, -0.1) is 0 Å². The Hall–Kier alpha value is -2.07. The van der Waals surface area contributed by atoms with Crippen LogP contribution in [0.15, 0.2) is 63.1 Å². The van der Waals surface area contributed by atoms with E-state index in [1.807, 2.05) is 48.5 Å². The van der Waals surface area contributed by atoms with E-state index in [0.717, 1.165) is 16.0 Å². The van der Waals surface area contributed by atoms with E-state index in [-0.39, 0.29) is 5.78 Å². The second kappa shape index (κ2) is 4.90. The number of ketones is 1. The summed E-state index contributed by atoms with van der Waals surface area (Å²) in [5, 5.41) is 0.551. The van der Waals surface area contributed by atoms with E-state index < -0.39 is 0 Å². The van der Waals surface area contributed by atoms with Crippen molar-refractivity contribution in [2.75, 3.05) is 0 Å². The van der Waals surface area contributed by atoms with Crippen molar-refractivity contribution in [3.05, 3.63) is 54.1 Å². The maximum atomic E-state index is 11.6. The van der Waals surface area contributed by atoms with Crippen LogP contribution in [0.3, 0.4) is 0 Å². The number of para-hydroxylation sites is 2. The van der Waals surface area contributed by atoms with Gasteiger partial charge in [-0.25, -0.2) is 4.98 Å². The van der Waals surface area contributed by atoms with Crippen LogP contribution in [0.1, 0.15) is 17.3 Å². The van der Waals surface area contributed by atoms with E-state index in [2.05, 4.69) is 4.98 Å². The van der Waals surface area contributed by atoms with E-state index in [1.165, 1.54) is 11.8 Å². The molecule has 0 aliphatic rings. The third-order valence-corrected chi connectivity index (χ3v) is 3.66. The highest BCUT2D eigenvalue weighted by molar-refractivity contribution is 7.99. The molecule has 0 saturated heterocycles. The molecule has 0 bridgehead atoms. The first-order valence-corrected chi connectivity index (χ1v) is 6.69. The Morgan fingerprint density at radius 2 is 1.84 bits per heavy atom. The molecule has 0 saturated carbocycles. The molecule has 19 heavy (non-hydrogen) atoms. The summed E-state index contributed by atoms with van der Waals surface area (Å²) in [5.74, 6) is 0.0409. The van der Waals surface area contributed by atoms with Crippen LogP contribution in [0, 0.1) is 0 Å². The summed E-state index contributed by atoms with van der Waals surface area (Å²) in [7, 11) is 0. The number of oxazole rings is 1. The molecule has 0 unspecified atom stereocenters. The summed E-state index contributed by atoms with van der Waals surface area (Å²) in [4.78, 5) is 16.8. The van der Waals surface area contributed by atoms with Crippen LogP contribution in [0.2, 0.25) is 0 Å². The number of benzene rings is 2. The molecule has 1 heterocycles. The minimum Gasteiger partial charge on any atom is -0.431 e. The molecule has 0 fully saturated rings. The van der Waals surface area contributed by atoms with Crippen molar-refractivity contribution in [1.82, 2.24) is 4.98 Å². The Morgan fingerprint density at radius 3 is 2.63 bits per heavy atom.